The highest BCUT2D eigenvalue weighted by molar-refractivity contribution is 7.71. The van der Waals surface area contributed by atoms with Gasteiger partial charge in [-0.3, -0.25) is 0 Å². The molecule has 66 valence electrons. The molecule has 2 heterocycles. The van der Waals surface area contributed by atoms with Gasteiger partial charge in [-0.25, -0.2) is 0 Å². The van der Waals surface area contributed by atoms with Crippen LogP contribution in [0.2, 0.25) is 0 Å². The summed E-state index contributed by atoms with van der Waals surface area (Å²) in [4.78, 5) is 5.01. The topological polar surface area (TPSA) is 28.9 Å². The Balaban J connectivity index is 2.35. The van der Waals surface area contributed by atoms with E-state index in [4.69, 9.17) is 16.6 Å². The molecule has 3 rings (SSSR count). The van der Waals surface area contributed by atoms with Crippen LogP contribution in [0.15, 0.2) is 15.9 Å². The first-order valence-corrected chi connectivity index (χ1v) is 5.42. The minimum atomic E-state index is 0.490. The normalized spacial score (nSPS) is 13.8. The predicted octanol–water partition coefficient (Wildman–Crippen LogP) is 3.16. The minimum absolute atomic E-state index is 0.490. The second-order valence-corrected chi connectivity index (χ2v) is 4.44. The lowest BCUT2D eigenvalue weighted by molar-refractivity contribution is 0.488. The molecule has 1 aliphatic carbocycles. The van der Waals surface area contributed by atoms with E-state index in [1.165, 1.54) is 10.4 Å². The molecule has 0 aromatic carbocycles. The van der Waals surface area contributed by atoms with E-state index < -0.39 is 0 Å². The summed E-state index contributed by atoms with van der Waals surface area (Å²) in [6, 6.07) is 2.12. The standard InChI is InChI=1S/C9H7NOS2/c12-9-10-8-5-3-4-13-7(5)2-1-6(8)11-9/h3-4H,1-2H2,(H,10,12). The van der Waals surface area contributed by atoms with Crippen LogP contribution in [0.3, 0.4) is 0 Å². The van der Waals surface area contributed by atoms with E-state index in [0.29, 0.717) is 4.84 Å². The highest BCUT2D eigenvalue weighted by atomic mass is 32.1. The molecule has 0 spiro atoms. The number of H-pyrrole nitrogens is 1. The number of thiophene rings is 1. The number of rotatable bonds is 0. The molecule has 4 heteroatoms. The van der Waals surface area contributed by atoms with E-state index in [0.717, 1.165) is 24.3 Å². The molecular formula is C9H7NOS2. The molecule has 1 N–H and O–H groups in total. The van der Waals surface area contributed by atoms with Gasteiger partial charge >= 0.3 is 0 Å². The summed E-state index contributed by atoms with van der Waals surface area (Å²) in [7, 11) is 0. The maximum absolute atomic E-state index is 5.40. The van der Waals surface area contributed by atoms with Gasteiger partial charge in [-0.2, -0.15) is 0 Å². The Hall–Kier alpha value is -0.870. The number of oxazole rings is 1. The fourth-order valence-electron chi connectivity index (χ4n) is 1.74. The van der Waals surface area contributed by atoms with Crippen LogP contribution < -0.4 is 0 Å². The first-order chi connectivity index (χ1) is 6.34. The lowest BCUT2D eigenvalue weighted by atomic mass is 10.0. The van der Waals surface area contributed by atoms with Crippen molar-refractivity contribution in [2.24, 2.45) is 0 Å². The number of aryl methyl sites for hydroxylation is 2. The Labute approximate surface area is 84.2 Å². The Morgan fingerprint density at radius 2 is 2.38 bits per heavy atom. The fourth-order valence-corrected chi connectivity index (χ4v) is 2.83. The largest absolute Gasteiger partial charge is 0.434 e. The highest BCUT2D eigenvalue weighted by Gasteiger charge is 2.20. The molecule has 0 saturated carbocycles. The zero-order valence-electron chi connectivity index (χ0n) is 6.79. The van der Waals surface area contributed by atoms with Gasteiger partial charge in [-0.15, -0.1) is 11.3 Å². The van der Waals surface area contributed by atoms with Crippen molar-refractivity contribution in [2.45, 2.75) is 12.8 Å². The van der Waals surface area contributed by atoms with Gasteiger partial charge in [0.05, 0.1) is 5.69 Å². The summed E-state index contributed by atoms with van der Waals surface area (Å²) < 4.78 is 5.40. The average Bonchev–Trinajstić information content (AvgIpc) is 2.65. The Morgan fingerprint density at radius 1 is 1.46 bits per heavy atom. The Morgan fingerprint density at radius 3 is 3.31 bits per heavy atom. The molecular weight excluding hydrogens is 202 g/mol. The molecule has 0 unspecified atom stereocenters. The van der Waals surface area contributed by atoms with Crippen molar-refractivity contribution < 1.29 is 4.42 Å². The lowest BCUT2D eigenvalue weighted by Crippen LogP contribution is -1.98. The molecule has 0 amide bonds. The van der Waals surface area contributed by atoms with Crippen molar-refractivity contribution in [2.75, 3.05) is 0 Å². The quantitative estimate of drug-likeness (QED) is 0.675. The fraction of sp³-hybridized carbons (Fsp3) is 0.222. The summed E-state index contributed by atoms with van der Waals surface area (Å²) in [5.74, 6) is 1.01. The summed E-state index contributed by atoms with van der Waals surface area (Å²) in [6.45, 7) is 0. The maximum atomic E-state index is 5.40. The number of aromatic nitrogens is 1. The van der Waals surface area contributed by atoms with E-state index >= 15 is 0 Å². The second kappa shape index (κ2) is 2.56. The van der Waals surface area contributed by atoms with Crippen LogP contribution in [-0.4, -0.2) is 4.98 Å². The van der Waals surface area contributed by atoms with Crippen molar-refractivity contribution >= 4 is 23.6 Å². The number of aromatic amines is 1. The van der Waals surface area contributed by atoms with Crippen LogP contribution in [-0.2, 0) is 12.8 Å². The molecule has 0 radical (unpaired) electrons. The third kappa shape index (κ3) is 1.02. The molecule has 2 nitrogen and oxygen atoms in total. The van der Waals surface area contributed by atoms with Crippen molar-refractivity contribution in [3.05, 3.63) is 26.9 Å². The van der Waals surface area contributed by atoms with Gasteiger partial charge in [0.25, 0.3) is 4.84 Å². The Bertz CT molecular complexity index is 506. The molecule has 0 bridgehead atoms. The van der Waals surface area contributed by atoms with Crippen molar-refractivity contribution in [3.63, 3.8) is 0 Å². The summed E-state index contributed by atoms with van der Waals surface area (Å²) in [5, 5.41) is 2.11. The van der Waals surface area contributed by atoms with Crippen LogP contribution in [0.4, 0.5) is 0 Å². The molecule has 2 aromatic heterocycles. The predicted molar refractivity (Wildman–Crippen MR) is 54.6 cm³/mol. The number of hydrogen-bond donors (Lipinski definition) is 1. The van der Waals surface area contributed by atoms with E-state index in [1.54, 1.807) is 11.3 Å². The molecule has 1 aliphatic rings. The third-order valence-electron chi connectivity index (χ3n) is 2.32. The monoisotopic (exact) mass is 209 g/mol. The first-order valence-electron chi connectivity index (χ1n) is 4.13. The van der Waals surface area contributed by atoms with Gasteiger partial charge in [0.15, 0.2) is 0 Å². The second-order valence-electron chi connectivity index (χ2n) is 3.07. The zero-order valence-corrected chi connectivity index (χ0v) is 8.43. The van der Waals surface area contributed by atoms with Crippen molar-refractivity contribution in [3.8, 4) is 11.3 Å². The van der Waals surface area contributed by atoms with Crippen molar-refractivity contribution in [1.82, 2.24) is 4.98 Å². The molecule has 0 aliphatic heterocycles. The average molecular weight is 209 g/mol. The van der Waals surface area contributed by atoms with E-state index in [1.807, 2.05) is 0 Å². The number of hydrogen-bond acceptors (Lipinski definition) is 3. The van der Waals surface area contributed by atoms with Crippen LogP contribution in [0.5, 0.6) is 0 Å². The van der Waals surface area contributed by atoms with Crippen LogP contribution >= 0.6 is 23.6 Å². The van der Waals surface area contributed by atoms with Gasteiger partial charge in [0, 0.05) is 16.9 Å². The van der Waals surface area contributed by atoms with Crippen LogP contribution in [0.1, 0.15) is 10.6 Å². The van der Waals surface area contributed by atoms with Gasteiger partial charge in [0.1, 0.15) is 5.76 Å². The lowest BCUT2D eigenvalue weighted by Gasteiger charge is -2.08. The molecule has 0 fully saturated rings. The minimum Gasteiger partial charge on any atom is -0.434 e. The SMILES string of the molecule is S=c1[nH]c2c(o1)CCc1sccc1-2. The summed E-state index contributed by atoms with van der Waals surface area (Å²) in [6.07, 6.45) is 2.05. The summed E-state index contributed by atoms with van der Waals surface area (Å²) in [5.41, 5.74) is 2.36. The van der Waals surface area contributed by atoms with Gasteiger partial charge in [0.2, 0.25) is 0 Å². The molecule has 0 saturated heterocycles. The first kappa shape index (κ1) is 7.53. The smallest absolute Gasteiger partial charge is 0.266 e. The van der Waals surface area contributed by atoms with Gasteiger partial charge < -0.3 is 9.40 Å². The highest BCUT2D eigenvalue weighted by Crippen LogP contribution is 2.35. The van der Waals surface area contributed by atoms with Crippen molar-refractivity contribution in [1.29, 1.82) is 0 Å². The molecule has 2 aromatic rings. The van der Waals surface area contributed by atoms with E-state index in [-0.39, 0.29) is 0 Å². The number of nitrogens with one attached hydrogen (secondary N) is 1. The third-order valence-corrected chi connectivity index (χ3v) is 3.48. The molecule has 0 atom stereocenters. The van der Waals surface area contributed by atoms with E-state index in [9.17, 15) is 0 Å². The molecule has 13 heavy (non-hydrogen) atoms. The van der Waals surface area contributed by atoms with Gasteiger partial charge in [-0.05, 0) is 30.1 Å². The maximum Gasteiger partial charge on any atom is 0.266 e. The number of fused-ring (bicyclic) bond motifs is 3. The van der Waals surface area contributed by atoms with Crippen LogP contribution in [0.25, 0.3) is 11.3 Å². The Kier molecular flexibility index (Phi) is 1.48. The van der Waals surface area contributed by atoms with E-state index in [2.05, 4.69) is 16.4 Å². The van der Waals surface area contributed by atoms with Crippen LogP contribution in [0, 0.1) is 4.84 Å². The van der Waals surface area contributed by atoms with Gasteiger partial charge in [-0.1, -0.05) is 0 Å². The zero-order chi connectivity index (χ0) is 8.84. The summed E-state index contributed by atoms with van der Waals surface area (Å²) >= 11 is 6.77.